The molecule has 2 saturated carbocycles. The number of carbonyl (C=O) groups is 1. The van der Waals surface area contributed by atoms with Crippen LogP contribution in [0.25, 0.3) is 0 Å². The second-order valence-corrected chi connectivity index (χ2v) is 8.94. The lowest BCUT2D eigenvalue weighted by Crippen LogP contribution is -2.76. The number of hydrogen-bond acceptors (Lipinski definition) is 6. The smallest absolute Gasteiger partial charge is 0.174 e. The number of rotatable bonds is 2. The first-order chi connectivity index (χ1) is 13.5. The van der Waals surface area contributed by atoms with Gasteiger partial charge in [-0.05, 0) is 56.2 Å². The van der Waals surface area contributed by atoms with E-state index >= 15 is 0 Å². The summed E-state index contributed by atoms with van der Waals surface area (Å²) in [7, 11) is 0. The number of carbonyl (C=O) groups excluding carboxylic acids is 1. The molecule has 1 aromatic carbocycles. The molecule has 1 saturated heterocycles. The lowest BCUT2D eigenvalue weighted by molar-refractivity contribution is -0.188. The van der Waals surface area contributed by atoms with E-state index in [1.165, 1.54) is 19.8 Å². The van der Waals surface area contributed by atoms with E-state index in [0.717, 1.165) is 43.0 Å². The normalized spacial score (nSPS) is 37.2. The third-order valence-electron chi connectivity index (χ3n) is 7.56. The van der Waals surface area contributed by atoms with Crippen LogP contribution >= 0.6 is 0 Å². The second kappa shape index (κ2) is 5.95. The highest BCUT2D eigenvalue weighted by atomic mass is 16.5. The monoisotopic (exact) mass is 382 g/mol. The van der Waals surface area contributed by atoms with Crippen molar-refractivity contribution in [2.75, 3.05) is 13.1 Å². The third kappa shape index (κ3) is 2.12. The van der Waals surface area contributed by atoms with Crippen LogP contribution in [-0.2, 0) is 16.6 Å². The van der Waals surface area contributed by atoms with E-state index < -0.39 is 17.1 Å². The van der Waals surface area contributed by atoms with Crippen LogP contribution in [0.5, 0.6) is 11.5 Å². The highest BCUT2D eigenvalue weighted by molar-refractivity contribution is 5.90. The van der Waals surface area contributed by atoms with Crippen molar-refractivity contribution in [3.63, 3.8) is 0 Å². The number of hydrogen-bond donors (Lipinski definition) is 2. The van der Waals surface area contributed by atoms with Crippen molar-refractivity contribution in [2.24, 2.45) is 5.92 Å². The molecule has 0 amide bonds. The number of likely N-dealkylation sites (tertiary alicyclic amines) is 1. The SMILES string of the molecule is CC#N.O=C1CC[C@@]2(O)[C@H]3Cc4ccc(O)c5c4[C@@]2(CCN3CC2CC2)[C@H]1O5. The average molecular weight is 382 g/mol. The summed E-state index contributed by atoms with van der Waals surface area (Å²) < 4.78 is 6.04. The predicted molar refractivity (Wildman–Crippen MR) is 101 cm³/mol. The Kier molecular flexibility index (Phi) is 3.82. The van der Waals surface area contributed by atoms with Gasteiger partial charge in [0.05, 0.1) is 17.1 Å². The molecular weight excluding hydrogens is 356 g/mol. The maximum absolute atomic E-state index is 12.7. The molecule has 28 heavy (non-hydrogen) atoms. The number of Topliss-reactive ketones (excluding diaryl/α,β-unsaturated/α-hetero) is 1. The van der Waals surface area contributed by atoms with Gasteiger partial charge in [0.25, 0.3) is 0 Å². The van der Waals surface area contributed by atoms with E-state index in [1.54, 1.807) is 12.1 Å². The van der Waals surface area contributed by atoms with E-state index in [-0.39, 0.29) is 17.6 Å². The topological polar surface area (TPSA) is 93.8 Å². The predicted octanol–water partition coefficient (Wildman–Crippen LogP) is 2.06. The van der Waals surface area contributed by atoms with Crippen molar-refractivity contribution >= 4 is 5.78 Å². The van der Waals surface area contributed by atoms with Gasteiger partial charge in [0.15, 0.2) is 23.4 Å². The highest BCUT2D eigenvalue weighted by Gasteiger charge is 2.73. The number of phenolic OH excluding ortho intramolecular Hbond substituents is 1. The van der Waals surface area contributed by atoms with Crippen molar-refractivity contribution in [3.8, 4) is 17.6 Å². The number of phenols is 1. The number of ketones is 1. The molecular formula is C22H26N2O4. The fourth-order valence-electron chi connectivity index (χ4n) is 6.26. The van der Waals surface area contributed by atoms with Gasteiger partial charge >= 0.3 is 0 Å². The molecule has 0 radical (unpaired) electrons. The van der Waals surface area contributed by atoms with Crippen LogP contribution in [0.15, 0.2) is 12.1 Å². The first-order valence-corrected chi connectivity index (χ1v) is 10.3. The molecule has 3 fully saturated rings. The number of aliphatic hydroxyl groups is 1. The summed E-state index contributed by atoms with van der Waals surface area (Å²) in [5, 5.41) is 29.6. The van der Waals surface area contributed by atoms with Crippen molar-refractivity contribution in [1.29, 1.82) is 5.26 Å². The zero-order valence-corrected chi connectivity index (χ0v) is 16.1. The van der Waals surface area contributed by atoms with E-state index in [2.05, 4.69) is 4.90 Å². The highest BCUT2D eigenvalue weighted by Crippen LogP contribution is 2.64. The molecule has 0 unspecified atom stereocenters. The van der Waals surface area contributed by atoms with E-state index in [0.29, 0.717) is 18.6 Å². The van der Waals surface area contributed by atoms with Crippen LogP contribution in [0.3, 0.4) is 0 Å². The lowest BCUT2D eigenvalue weighted by atomic mass is 9.49. The summed E-state index contributed by atoms with van der Waals surface area (Å²) in [4.78, 5) is 15.2. The van der Waals surface area contributed by atoms with Gasteiger partial charge in [-0.2, -0.15) is 5.26 Å². The molecule has 5 aliphatic rings. The molecule has 6 rings (SSSR count). The Balaban J connectivity index is 0.000000538. The average Bonchev–Trinajstić information content (AvgIpc) is 3.40. The fourth-order valence-corrected chi connectivity index (χ4v) is 6.26. The third-order valence-corrected chi connectivity index (χ3v) is 7.56. The number of ether oxygens (including phenoxy) is 1. The van der Waals surface area contributed by atoms with Crippen LogP contribution in [-0.4, -0.2) is 51.7 Å². The second-order valence-electron chi connectivity index (χ2n) is 8.94. The van der Waals surface area contributed by atoms with Crippen molar-refractivity contribution in [2.45, 2.75) is 68.6 Å². The van der Waals surface area contributed by atoms with Gasteiger partial charge in [-0.25, -0.2) is 0 Å². The van der Waals surface area contributed by atoms with Gasteiger partial charge in [0.1, 0.15) is 0 Å². The number of nitriles is 1. The van der Waals surface area contributed by atoms with Crippen LogP contribution in [0, 0.1) is 17.2 Å². The standard InChI is InChI=1S/C20H23NO4.C2H3N/c22-13-4-3-12-9-15-20(24)6-5-14(23)18-19(20,16(12)17(13)25-18)7-8-21(15)10-11-1-2-11;1-2-3/h3-4,11,15,18,22,24H,1-2,5-10H2;1H3/t15-,18+,19+,20-;/m1./s1. The number of nitrogens with zero attached hydrogens (tertiary/aromatic N) is 2. The van der Waals surface area contributed by atoms with Crippen LogP contribution in [0.4, 0.5) is 0 Å². The molecule has 148 valence electrons. The van der Waals surface area contributed by atoms with Gasteiger partial charge in [0.2, 0.25) is 0 Å². The largest absolute Gasteiger partial charge is 0.504 e. The maximum atomic E-state index is 12.7. The summed E-state index contributed by atoms with van der Waals surface area (Å²) in [6.07, 6.45) is 4.33. The Morgan fingerprint density at radius 1 is 1.36 bits per heavy atom. The zero-order valence-electron chi connectivity index (χ0n) is 16.1. The van der Waals surface area contributed by atoms with Crippen molar-refractivity contribution in [3.05, 3.63) is 23.3 Å². The fraction of sp³-hybridized carbons (Fsp3) is 0.636. The van der Waals surface area contributed by atoms with Gasteiger partial charge in [0, 0.05) is 31.5 Å². The minimum Gasteiger partial charge on any atom is -0.504 e. The molecule has 6 heteroatoms. The Hall–Kier alpha value is -2.10. The van der Waals surface area contributed by atoms with Crippen molar-refractivity contribution < 1.29 is 19.7 Å². The quantitative estimate of drug-likeness (QED) is 0.813. The Labute approximate surface area is 164 Å². The number of aromatic hydroxyl groups is 1. The van der Waals surface area contributed by atoms with E-state index in [4.69, 9.17) is 10.00 Å². The molecule has 4 atom stereocenters. The molecule has 2 heterocycles. The van der Waals surface area contributed by atoms with Gasteiger partial charge in [-0.1, -0.05) is 6.07 Å². The molecule has 1 aromatic rings. The van der Waals surface area contributed by atoms with Crippen LogP contribution in [0.2, 0.25) is 0 Å². The first-order valence-electron chi connectivity index (χ1n) is 10.3. The molecule has 6 nitrogen and oxygen atoms in total. The van der Waals surface area contributed by atoms with Crippen LogP contribution < -0.4 is 4.74 Å². The maximum Gasteiger partial charge on any atom is 0.174 e. The summed E-state index contributed by atoms with van der Waals surface area (Å²) in [5.74, 6) is 1.39. The Morgan fingerprint density at radius 2 is 2.11 bits per heavy atom. The first kappa shape index (κ1) is 18.0. The van der Waals surface area contributed by atoms with Gasteiger partial charge < -0.3 is 14.9 Å². The minimum atomic E-state index is -0.940. The Morgan fingerprint density at radius 3 is 2.82 bits per heavy atom. The summed E-state index contributed by atoms with van der Waals surface area (Å²) >= 11 is 0. The van der Waals surface area contributed by atoms with E-state index in [9.17, 15) is 15.0 Å². The number of piperidine rings is 1. The molecule has 1 spiro atoms. The van der Waals surface area contributed by atoms with Crippen LogP contribution in [0.1, 0.15) is 50.2 Å². The number of benzene rings is 1. The van der Waals surface area contributed by atoms with Crippen molar-refractivity contribution in [1.82, 2.24) is 4.90 Å². The summed E-state index contributed by atoms with van der Waals surface area (Å²) in [5.41, 5.74) is 0.454. The Bertz CT molecular complexity index is 889. The summed E-state index contributed by atoms with van der Waals surface area (Å²) in [6, 6.07) is 5.44. The molecule has 2 N–H and O–H groups in total. The summed E-state index contributed by atoms with van der Waals surface area (Å²) in [6.45, 7) is 3.38. The molecule has 2 bridgehead atoms. The molecule has 3 aliphatic carbocycles. The zero-order chi connectivity index (χ0) is 19.7. The minimum absolute atomic E-state index is 0.0454. The van der Waals surface area contributed by atoms with E-state index in [1.807, 2.05) is 6.07 Å². The molecule has 0 aromatic heterocycles. The lowest BCUT2D eigenvalue weighted by Gasteiger charge is -2.62. The molecule has 2 aliphatic heterocycles. The van der Waals surface area contributed by atoms with Gasteiger partial charge in [-0.15, -0.1) is 0 Å². The van der Waals surface area contributed by atoms with Gasteiger partial charge in [-0.3, -0.25) is 9.69 Å².